The van der Waals surface area contributed by atoms with Crippen molar-refractivity contribution in [3.63, 3.8) is 0 Å². The van der Waals surface area contributed by atoms with Crippen LogP contribution in [0.25, 0.3) is 0 Å². The van der Waals surface area contributed by atoms with Gasteiger partial charge in [-0.05, 0) is 25.1 Å². The zero-order valence-corrected chi connectivity index (χ0v) is 11.0. The van der Waals surface area contributed by atoms with Crippen LogP contribution in [0.3, 0.4) is 0 Å². The van der Waals surface area contributed by atoms with Crippen LogP contribution in [-0.4, -0.2) is 32.4 Å². The van der Waals surface area contributed by atoms with E-state index < -0.39 is 11.6 Å². The lowest BCUT2D eigenvalue weighted by atomic mass is 10.00. The van der Waals surface area contributed by atoms with Crippen LogP contribution in [0, 0.1) is 17.6 Å². The molecule has 106 valence electrons. The number of rotatable bonds is 6. The maximum atomic E-state index is 13.5. The van der Waals surface area contributed by atoms with Crippen molar-refractivity contribution in [1.29, 1.82) is 0 Å². The molecule has 2 unspecified atom stereocenters. The normalized spacial score (nSPS) is 20.5. The van der Waals surface area contributed by atoms with Gasteiger partial charge < -0.3 is 14.8 Å². The monoisotopic (exact) mass is 271 g/mol. The second kappa shape index (κ2) is 6.82. The fraction of sp³-hybridized carbons (Fsp3) is 0.571. The summed E-state index contributed by atoms with van der Waals surface area (Å²) in [5, 5.41) is 3.31. The van der Waals surface area contributed by atoms with Crippen molar-refractivity contribution in [3.8, 4) is 5.75 Å². The summed E-state index contributed by atoms with van der Waals surface area (Å²) in [4.78, 5) is 0. The molecule has 19 heavy (non-hydrogen) atoms. The summed E-state index contributed by atoms with van der Waals surface area (Å²) in [5.74, 6) is -1.50. The van der Waals surface area contributed by atoms with E-state index in [1.165, 1.54) is 12.1 Å². The molecule has 1 heterocycles. The molecule has 1 saturated heterocycles. The van der Waals surface area contributed by atoms with E-state index >= 15 is 0 Å². The van der Waals surface area contributed by atoms with Crippen molar-refractivity contribution < 1.29 is 18.3 Å². The molecule has 1 N–H and O–H groups in total. The molecule has 0 spiro atoms. The van der Waals surface area contributed by atoms with Crippen molar-refractivity contribution in [2.45, 2.75) is 19.4 Å². The van der Waals surface area contributed by atoms with Crippen LogP contribution in [0.15, 0.2) is 18.2 Å². The van der Waals surface area contributed by atoms with Gasteiger partial charge in [-0.3, -0.25) is 0 Å². The van der Waals surface area contributed by atoms with Crippen LogP contribution in [-0.2, 0) is 4.74 Å². The molecule has 2 rings (SSSR count). The minimum Gasteiger partial charge on any atom is -0.489 e. The lowest BCUT2D eigenvalue weighted by molar-refractivity contribution is 0.159. The first kappa shape index (κ1) is 14.2. The summed E-state index contributed by atoms with van der Waals surface area (Å²) < 4.78 is 37.3. The van der Waals surface area contributed by atoms with Gasteiger partial charge in [-0.15, -0.1) is 0 Å². The molecule has 0 amide bonds. The van der Waals surface area contributed by atoms with Crippen LogP contribution in [0.2, 0.25) is 0 Å². The van der Waals surface area contributed by atoms with Gasteiger partial charge in [0.15, 0.2) is 11.6 Å². The van der Waals surface area contributed by atoms with Gasteiger partial charge in [0.05, 0.1) is 6.61 Å². The lowest BCUT2D eigenvalue weighted by Crippen LogP contribution is -2.41. The standard InChI is InChI=1S/C14H19F2NO2/c1-2-17-12(10-6-7-18-8-10)9-19-13-5-3-4-11(15)14(13)16/h3-5,10,12,17H,2,6-9H2,1H3. The molecule has 0 saturated carbocycles. The molecule has 5 heteroatoms. The first-order valence-corrected chi connectivity index (χ1v) is 6.60. The van der Waals surface area contributed by atoms with Crippen LogP contribution in [0.4, 0.5) is 8.78 Å². The van der Waals surface area contributed by atoms with Crippen LogP contribution in [0.1, 0.15) is 13.3 Å². The van der Waals surface area contributed by atoms with Crippen LogP contribution in [0.5, 0.6) is 5.75 Å². The average molecular weight is 271 g/mol. The zero-order chi connectivity index (χ0) is 13.7. The summed E-state index contributed by atoms with van der Waals surface area (Å²) in [6.45, 7) is 4.55. The fourth-order valence-corrected chi connectivity index (χ4v) is 2.27. The van der Waals surface area contributed by atoms with Crippen molar-refractivity contribution in [1.82, 2.24) is 5.32 Å². The van der Waals surface area contributed by atoms with E-state index in [0.717, 1.165) is 25.6 Å². The van der Waals surface area contributed by atoms with Crippen molar-refractivity contribution in [2.75, 3.05) is 26.4 Å². The van der Waals surface area contributed by atoms with E-state index in [2.05, 4.69) is 5.32 Å². The maximum absolute atomic E-state index is 13.5. The van der Waals surface area contributed by atoms with E-state index in [1.807, 2.05) is 6.92 Å². The molecule has 1 aliphatic rings. The summed E-state index contributed by atoms with van der Waals surface area (Å²) in [6.07, 6.45) is 0.965. The highest BCUT2D eigenvalue weighted by molar-refractivity contribution is 5.25. The smallest absolute Gasteiger partial charge is 0.200 e. The topological polar surface area (TPSA) is 30.5 Å². The van der Waals surface area contributed by atoms with Gasteiger partial charge in [0, 0.05) is 18.6 Å². The Kier molecular flexibility index (Phi) is 5.10. The van der Waals surface area contributed by atoms with Crippen molar-refractivity contribution in [3.05, 3.63) is 29.8 Å². The first-order chi connectivity index (χ1) is 9.22. The Balaban J connectivity index is 1.96. The Morgan fingerprint density at radius 3 is 3.00 bits per heavy atom. The van der Waals surface area contributed by atoms with E-state index in [1.54, 1.807) is 0 Å². The van der Waals surface area contributed by atoms with Gasteiger partial charge in [0.1, 0.15) is 6.61 Å². The summed E-state index contributed by atoms with van der Waals surface area (Å²) in [7, 11) is 0. The molecule has 0 aliphatic carbocycles. The number of hydrogen-bond donors (Lipinski definition) is 1. The zero-order valence-electron chi connectivity index (χ0n) is 11.0. The SMILES string of the molecule is CCNC(COc1cccc(F)c1F)C1CCOC1. The number of likely N-dealkylation sites (N-methyl/N-ethyl adjacent to an activating group) is 1. The number of benzene rings is 1. The van der Waals surface area contributed by atoms with Crippen molar-refractivity contribution >= 4 is 0 Å². The molecule has 1 aromatic carbocycles. The Morgan fingerprint density at radius 1 is 1.47 bits per heavy atom. The lowest BCUT2D eigenvalue weighted by Gasteiger charge is -2.23. The first-order valence-electron chi connectivity index (χ1n) is 6.60. The summed E-state index contributed by atoms with van der Waals surface area (Å²) >= 11 is 0. The Hall–Kier alpha value is -1.20. The number of halogens is 2. The Morgan fingerprint density at radius 2 is 2.32 bits per heavy atom. The highest BCUT2D eigenvalue weighted by Gasteiger charge is 2.26. The minimum absolute atomic E-state index is 0.0400. The largest absolute Gasteiger partial charge is 0.489 e. The van der Waals surface area contributed by atoms with E-state index in [0.29, 0.717) is 19.1 Å². The summed E-state index contributed by atoms with van der Waals surface area (Å²) in [6, 6.07) is 4.05. The third kappa shape index (κ3) is 3.64. The molecule has 1 aromatic rings. The van der Waals surface area contributed by atoms with Crippen LogP contribution >= 0.6 is 0 Å². The van der Waals surface area contributed by atoms with Gasteiger partial charge in [-0.1, -0.05) is 13.0 Å². The second-order valence-electron chi connectivity index (χ2n) is 4.65. The van der Waals surface area contributed by atoms with E-state index in [9.17, 15) is 8.78 Å². The molecule has 3 nitrogen and oxygen atoms in total. The van der Waals surface area contributed by atoms with Gasteiger partial charge in [-0.25, -0.2) is 4.39 Å². The van der Waals surface area contributed by atoms with E-state index in [4.69, 9.17) is 9.47 Å². The Labute approximate surface area is 111 Å². The third-order valence-electron chi connectivity index (χ3n) is 3.33. The highest BCUT2D eigenvalue weighted by atomic mass is 19.2. The summed E-state index contributed by atoms with van der Waals surface area (Å²) in [5.41, 5.74) is 0. The predicted molar refractivity (Wildman–Crippen MR) is 68.2 cm³/mol. The Bertz CT molecular complexity index is 408. The fourth-order valence-electron chi connectivity index (χ4n) is 2.27. The second-order valence-corrected chi connectivity index (χ2v) is 4.65. The van der Waals surface area contributed by atoms with E-state index in [-0.39, 0.29) is 11.8 Å². The van der Waals surface area contributed by atoms with Gasteiger partial charge in [-0.2, -0.15) is 4.39 Å². The predicted octanol–water partition coefficient (Wildman–Crippen LogP) is 2.36. The molecule has 0 radical (unpaired) electrons. The maximum Gasteiger partial charge on any atom is 0.200 e. The average Bonchev–Trinajstić information content (AvgIpc) is 2.93. The van der Waals surface area contributed by atoms with Gasteiger partial charge in [0.2, 0.25) is 5.82 Å². The number of nitrogens with one attached hydrogen (secondary N) is 1. The minimum atomic E-state index is -0.930. The van der Waals surface area contributed by atoms with Crippen LogP contribution < -0.4 is 10.1 Å². The third-order valence-corrected chi connectivity index (χ3v) is 3.33. The molecule has 0 aromatic heterocycles. The van der Waals surface area contributed by atoms with Gasteiger partial charge >= 0.3 is 0 Å². The molecule has 0 bridgehead atoms. The number of hydrogen-bond acceptors (Lipinski definition) is 3. The van der Waals surface area contributed by atoms with Crippen molar-refractivity contribution in [2.24, 2.45) is 5.92 Å². The quantitative estimate of drug-likeness (QED) is 0.861. The highest BCUT2D eigenvalue weighted by Crippen LogP contribution is 2.21. The molecule has 1 fully saturated rings. The molecular formula is C14H19F2NO2. The number of ether oxygens (including phenoxy) is 2. The molecule has 1 aliphatic heterocycles. The molecule has 2 atom stereocenters. The van der Waals surface area contributed by atoms with Gasteiger partial charge in [0.25, 0.3) is 0 Å². The molecular weight excluding hydrogens is 252 g/mol.